The summed E-state index contributed by atoms with van der Waals surface area (Å²) in [5, 5.41) is 18.7. The summed E-state index contributed by atoms with van der Waals surface area (Å²) >= 11 is 0. The van der Waals surface area contributed by atoms with Crippen molar-refractivity contribution in [2.45, 2.75) is 12.3 Å². The fourth-order valence-electron chi connectivity index (χ4n) is 2.85. The number of nitro benzene ring substituents is 1. The molecular weight excluding hydrogens is 336 g/mol. The van der Waals surface area contributed by atoms with E-state index in [2.05, 4.69) is 0 Å². The minimum Gasteiger partial charge on any atom is -0.497 e. The summed E-state index contributed by atoms with van der Waals surface area (Å²) in [4.78, 5) is 22.1. The number of methoxy groups -OCH3 is 1. The van der Waals surface area contributed by atoms with Gasteiger partial charge in [0.2, 0.25) is 0 Å². The molecule has 2 aromatic rings. The Kier molecular flexibility index (Phi) is 4.97. The molecular formula is C19H18N2O5. The molecule has 0 heterocycles. The predicted octanol–water partition coefficient (Wildman–Crippen LogP) is 3.58. The van der Waals surface area contributed by atoms with E-state index >= 15 is 0 Å². The van der Waals surface area contributed by atoms with Gasteiger partial charge in [-0.15, -0.1) is 0 Å². The molecule has 1 aliphatic rings. The lowest BCUT2D eigenvalue weighted by Crippen LogP contribution is -2.15. The molecule has 1 saturated carbocycles. The van der Waals surface area contributed by atoms with Gasteiger partial charge < -0.3 is 14.9 Å². The van der Waals surface area contributed by atoms with Gasteiger partial charge in [0.25, 0.3) is 5.69 Å². The number of ether oxygens (including phenoxy) is 2. The zero-order valence-corrected chi connectivity index (χ0v) is 14.2. The molecule has 26 heavy (non-hydrogen) atoms. The fraction of sp³-hybridized carbons (Fsp3) is 0.263. The van der Waals surface area contributed by atoms with Crippen molar-refractivity contribution in [3.63, 3.8) is 0 Å². The summed E-state index contributed by atoms with van der Waals surface area (Å²) in [7, 11) is 1.61. The first-order valence-corrected chi connectivity index (χ1v) is 8.12. The molecule has 2 aromatic carbocycles. The van der Waals surface area contributed by atoms with Crippen molar-refractivity contribution in [1.29, 1.82) is 5.41 Å². The molecule has 7 nitrogen and oxygen atoms in total. The Morgan fingerprint density at radius 2 is 1.85 bits per heavy atom. The van der Waals surface area contributed by atoms with Crippen molar-refractivity contribution < 1.29 is 19.2 Å². The molecule has 1 aliphatic carbocycles. The van der Waals surface area contributed by atoms with E-state index in [1.54, 1.807) is 7.11 Å². The summed E-state index contributed by atoms with van der Waals surface area (Å²) in [5.41, 5.74) is 1.66. The van der Waals surface area contributed by atoms with Crippen LogP contribution in [0.15, 0.2) is 48.5 Å². The normalized spacial score (nSPS) is 18.0. The first-order valence-electron chi connectivity index (χ1n) is 8.12. The zero-order chi connectivity index (χ0) is 18.7. The maximum Gasteiger partial charge on any atom is 0.338 e. The van der Waals surface area contributed by atoms with E-state index in [1.165, 1.54) is 24.3 Å². The van der Waals surface area contributed by atoms with Gasteiger partial charge in [-0.25, -0.2) is 4.79 Å². The lowest BCUT2D eigenvalue weighted by atomic mass is 10.1. The lowest BCUT2D eigenvalue weighted by Gasteiger charge is -2.07. The van der Waals surface area contributed by atoms with E-state index in [4.69, 9.17) is 14.9 Å². The van der Waals surface area contributed by atoms with Crippen LogP contribution in [-0.2, 0) is 4.74 Å². The second-order valence-electron chi connectivity index (χ2n) is 6.13. The van der Waals surface area contributed by atoms with Crippen molar-refractivity contribution in [3.8, 4) is 5.75 Å². The quantitative estimate of drug-likeness (QED) is 0.354. The number of nitrogens with zero attached hydrogens (tertiary/aromatic N) is 1. The highest BCUT2D eigenvalue weighted by molar-refractivity contribution is 5.94. The summed E-state index contributed by atoms with van der Waals surface area (Å²) in [6.07, 6.45) is 0.861. The minimum atomic E-state index is -0.591. The summed E-state index contributed by atoms with van der Waals surface area (Å²) < 4.78 is 10.3. The number of hydrogen-bond donors (Lipinski definition) is 1. The van der Waals surface area contributed by atoms with Crippen LogP contribution in [0.3, 0.4) is 0 Å². The van der Waals surface area contributed by atoms with Crippen molar-refractivity contribution in [3.05, 3.63) is 69.8 Å². The summed E-state index contributed by atoms with van der Waals surface area (Å²) in [6, 6.07) is 13.0. The number of carbonyl (C=O) groups is 1. The molecule has 0 radical (unpaired) electrons. The molecule has 0 amide bonds. The largest absolute Gasteiger partial charge is 0.497 e. The van der Waals surface area contributed by atoms with E-state index in [-0.39, 0.29) is 29.7 Å². The number of esters is 1. The van der Waals surface area contributed by atoms with Crippen LogP contribution in [0.4, 0.5) is 5.69 Å². The molecule has 3 rings (SSSR count). The van der Waals surface area contributed by atoms with Gasteiger partial charge in [-0.2, -0.15) is 0 Å². The van der Waals surface area contributed by atoms with Gasteiger partial charge in [-0.3, -0.25) is 10.1 Å². The summed E-state index contributed by atoms with van der Waals surface area (Å²) in [5.74, 6) is 0.545. The van der Waals surface area contributed by atoms with Gasteiger partial charge in [-0.05, 0) is 42.2 Å². The molecule has 7 heteroatoms. The van der Waals surface area contributed by atoms with Gasteiger partial charge in [0.1, 0.15) is 12.4 Å². The molecule has 2 atom stereocenters. The first kappa shape index (κ1) is 17.6. The third-order valence-corrected chi connectivity index (χ3v) is 4.45. The van der Waals surface area contributed by atoms with Crippen LogP contribution in [0.5, 0.6) is 5.75 Å². The molecule has 0 aliphatic heterocycles. The maximum absolute atomic E-state index is 12.0. The van der Waals surface area contributed by atoms with E-state index < -0.39 is 10.9 Å². The molecule has 0 saturated heterocycles. The highest BCUT2D eigenvalue weighted by atomic mass is 16.6. The number of carbonyl (C=O) groups excluding carboxylic acids is 1. The Hall–Kier alpha value is -3.22. The highest BCUT2D eigenvalue weighted by Crippen LogP contribution is 2.48. The maximum atomic E-state index is 12.0. The van der Waals surface area contributed by atoms with Gasteiger partial charge in [0.15, 0.2) is 0 Å². The fourth-order valence-corrected chi connectivity index (χ4v) is 2.85. The Bertz CT molecular complexity index is 830. The van der Waals surface area contributed by atoms with Gasteiger partial charge in [-0.1, -0.05) is 12.1 Å². The van der Waals surface area contributed by atoms with Gasteiger partial charge in [0.05, 0.1) is 23.3 Å². The first-order chi connectivity index (χ1) is 12.5. The second kappa shape index (κ2) is 7.35. The lowest BCUT2D eigenvalue weighted by molar-refractivity contribution is -0.384. The van der Waals surface area contributed by atoms with Crippen LogP contribution in [-0.4, -0.2) is 30.3 Å². The van der Waals surface area contributed by atoms with Gasteiger partial charge >= 0.3 is 5.97 Å². The topological polar surface area (TPSA) is 103 Å². The standard InChI is InChI=1S/C19H18N2O5/c1-25-15-8-4-12(5-9-15)16-10-17(16)18(20)11-26-19(22)13-2-6-14(7-3-13)21(23)24/h2-9,16-17,20H,10-11H2,1H3. The number of hydrogen-bond acceptors (Lipinski definition) is 6. The Balaban J connectivity index is 1.51. The van der Waals surface area contributed by atoms with Crippen LogP contribution >= 0.6 is 0 Å². The van der Waals surface area contributed by atoms with E-state index in [0.717, 1.165) is 17.7 Å². The molecule has 134 valence electrons. The number of benzene rings is 2. The second-order valence-corrected chi connectivity index (χ2v) is 6.13. The van der Waals surface area contributed by atoms with Crippen molar-refractivity contribution in [2.24, 2.45) is 5.92 Å². The predicted molar refractivity (Wildman–Crippen MR) is 94.9 cm³/mol. The van der Waals surface area contributed by atoms with Crippen molar-refractivity contribution in [1.82, 2.24) is 0 Å². The van der Waals surface area contributed by atoms with Gasteiger partial charge in [0, 0.05) is 18.1 Å². The average Bonchev–Trinajstić information content (AvgIpc) is 3.47. The van der Waals surface area contributed by atoms with E-state index in [0.29, 0.717) is 5.71 Å². The summed E-state index contributed by atoms with van der Waals surface area (Å²) in [6.45, 7) is -0.0762. The number of nitro groups is 1. The minimum absolute atomic E-state index is 0.0762. The van der Waals surface area contributed by atoms with Crippen LogP contribution in [0.2, 0.25) is 0 Å². The third-order valence-electron chi connectivity index (χ3n) is 4.45. The molecule has 2 unspecified atom stereocenters. The smallest absolute Gasteiger partial charge is 0.338 e. The zero-order valence-electron chi connectivity index (χ0n) is 14.2. The monoisotopic (exact) mass is 354 g/mol. The highest BCUT2D eigenvalue weighted by Gasteiger charge is 2.41. The van der Waals surface area contributed by atoms with Crippen LogP contribution in [0.25, 0.3) is 0 Å². The third kappa shape index (κ3) is 3.88. The van der Waals surface area contributed by atoms with Crippen molar-refractivity contribution >= 4 is 17.4 Å². The number of rotatable bonds is 7. The Morgan fingerprint density at radius 3 is 2.42 bits per heavy atom. The molecule has 0 bridgehead atoms. The molecule has 0 spiro atoms. The molecule has 1 fully saturated rings. The van der Waals surface area contributed by atoms with Crippen LogP contribution < -0.4 is 4.74 Å². The Morgan fingerprint density at radius 1 is 1.19 bits per heavy atom. The molecule has 0 aromatic heterocycles. The van der Waals surface area contributed by atoms with Crippen LogP contribution in [0, 0.1) is 21.4 Å². The average molecular weight is 354 g/mol. The van der Waals surface area contributed by atoms with E-state index in [1.807, 2.05) is 24.3 Å². The van der Waals surface area contributed by atoms with Crippen molar-refractivity contribution in [2.75, 3.05) is 13.7 Å². The SMILES string of the molecule is COc1ccc(C2CC2C(=N)COC(=O)c2ccc([N+](=O)[O-])cc2)cc1. The molecule has 1 N–H and O–H groups in total. The number of nitrogens with one attached hydrogen (secondary N) is 1. The van der Waals surface area contributed by atoms with E-state index in [9.17, 15) is 14.9 Å². The number of non-ortho nitro benzene ring substituents is 1. The van der Waals surface area contributed by atoms with Crippen LogP contribution in [0.1, 0.15) is 28.3 Å². The Labute approximate surface area is 150 Å².